The molecule has 0 fully saturated rings. The monoisotopic (exact) mass is 272 g/mol. The van der Waals surface area contributed by atoms with Crippen LogP contribution in [-0.4, -0.2) is 10.2 Å². The standard InChI is InChI=1S/C11H10Cl2N2O2/c1-7(12)11-15-14-10(17-11)6-16-9-5-3-2-4-8(9)13/h2-5,7H,6H2,1H3. The van der Waals surface area contributed by atoms with Gasteiger partial charge in [-0.05, 0) is 19.1 Å². The molecule has 4 nitrogen and oxygen atoms in total. The molecule has 0 saturated carbocycles. The van der Waals surface area contributed by atoms with E-state index in [0.29, 0.717) is 22.6 Å². The van der Waals surface area contributed by atoms with Gasteiger partial charge in [-0.25, -0.2) is 0 Å². The summed E-state index contributed by atoms with van der Waals surface area (Å²) in [6.45, 7) is 1.92. The minimum absolute atomic E-state index is 0.167. The number of para-hydroxylation sites is 1. The maximum Gasteiger partial charge on any atom is 0.253 e. The van der Waals surface area contributed by atoms with E-state index in [1.54, 1.807) is 19.1 Å². The van der Waals surface area contributed by atoms with E-state index in [4.69, 9.17) is 32.4 Å². The van der Waals surface area contributed by atoms with E-state index >= 15 is 0 Å². The third-order valence-corrected chi connectivity index (χ3v) is 2.51. The van der Waals surface area contributed by atoms with Gasteiger partial charge in [-0.1, -0.05) is 23.7 Å². The highest BCUT2D eigenvalue weighted by Crippen LogP contribution is 2.24. The van der Waals surface area contributed by atoms with E-state index < -0.39 is 0 Å². The quantitative estimate of drug-likeness (QED) is 0.798. The van der Waals surface area contributed by atoms with Crippen LogP contribution in [0, 0.1) is 0 Å². The number of alkyl halides is 1. The molecule has 1 aromatic heterocycles. The van der Waals surface area contributed by atoms with Gasteiger partial charge >= 0.3 is 0 Å². The summed E-state index contributed by atoms with van der Waals surface area (Å²) < 4.78 is 10.7. The van der Waals surface area contributed by atoms with Crippen molar-refractivity contribution < 1.29 is 9.15 Å². The summed E-state index contributed by atoms with van der Waals surface area (Å²) in [6.07, 6.45) is 0. The Hall–Kier alpha value is -1.26. The molecule has 0 N–H and O–H groups in total. The smallest absolute Gasteiger partial charge is 0.253 e. The molecule has 0 radical (unpaired) electrons. The molecule has 2 aromatic rings. The van der Waals surface area contributed by atoms with Gasteiger partial charge in [0.15, 0.2) is 6.61 Å². The molecule has 0 spiro atoms. The molecule has 6 heteroatoms. The maximum atomic E-state index is 5.93. The van der Waals surface area contributed by atoms with Gasteiger partial charge in [0.05, 0.1) is 5.02 Å². The van der Waals surface area contributed by atoms with Gasteiger partial charge in [0.2, 0.25) is 5.89 Å². The zero-order valence-corrected chi connectivity index (χ0v) is 10.6. The van der Waals surface area contributed by atoms with E-state index in [2.05, 4.69) is 10.2 Å². The topological polar surface area (TPSA) is 48.2 Å². The number of aromatic nitrogens is 2. The minimum Gasteiger partial charge on any atom is -0.482 e. The summed E-state index contributed by atoms with van der Waals surface area (Å²) in [5.74, 6) is 1.32. The molecule has 1 aromatic carbocycles. The summed E-state index contributed by atoms with van der Waals surface area (Å²) in [5, 5.41) is 7.83. The zero-order valence-electron chi connectivity index (χ0n) is 9.06. The number of rotatable bonds is 4. The Labute approximate surface area is 109 Å². The Balaban J connectivity index is 2.00. The molecule has 1 heterocycles. The predicted molar refractivity (Wildman–Crippen MR) is 64.4 cm³/mol. The van der Waals surface area contributed by atoms with Crippen molar-refractivity contribution in [3.8, 4) is 5.75 Å². The van der Waals surface area contributed by atoms with Gasteiger partial charge in [-0.3, -0.25) is 0 Å². The molecule has 0 saturated heterocycles. The van der Waals surface area contributed by atoms with Crippen LogP contribution in [0.25, 0.3) is 0 Å². The molecule has 1 atom stereocenters. The molecule has 0 aliphatic heterocycles. The van der Waals surface area contributed by atoms with E-state index in [1.165, 1.54) is 0 Å². The van der Waals surface area contributed by atoms with Crippen LogP contribution in [0.3, 0.4) is 0 Å². The van der Waals surface area contributed by atoms with Crippen LogP contribution in [0.5, 0.6) is 5.75 Å². The van der Waals surface area contributed by atoms with Crippen molar-refractivity contribution in [1.82, 2.24) is 10.2 Å². The SMILES string of the molecule is CC(Cl)c1nnc(COc2ccccc2Cl)o1. The Morgan fingerprint density at radius 2 is 2.12 bits per heavy atom. The fraction of sp³-hybridized carbons (Fsp3) is 0.273. The maximum absolute atomic E-state index is 5.93. The first-order valence-corrected chi connectivity index (χ1v) is 5.82. The van der Waals surface area contributed by atoms with E-state index in [1.807, 2.05) is 12.1 Å². The molecule has 17 heavy (non-hydrogen) atoms. The first-order chi connectivity index (χ1) is 8.16. The lowest BCUT2D eigenvalue weighted by Gasteiger charge is -2.04. The summed E-state index contributed by atoms with van der Waals surface area (Å²) in [5.41, 5.74) is 0. The second-order valence-corrected chi connectivity index (χ2v) is 4.43. The van der Waals surface area contributed by atoms with Crippen LogP contribution < -0.4 is 4.74 Å². The average molecular weight is 273 g/mol. The Bertz CT molecular complexity index is 500. The van der Waals surface area contributed by atoms with E-state index in [-0.39, 0.29) is 12.0 Å². The number of hydrogen-bond donors (Lipinski definition) is 0. The lowest BCUT2D eigenvalue weighted by molar-refractivity contribution is 0.259. The molecule has 0 amide bonds. The van der Waals surface area contributed by atoms with Crippen molar-refractivity contribution in [2.24, 2.45) is 0 Å². The van der Waals surface area contributed by atoms with Gasteiger partial charge in [-0.2, -0.15) is 0 Å². The number of halogens is 2. The molecule has 0 aliphatic rings. The van der Waals surface area contributed by atoms with Gasteiger partial charge in [-0.15, -0.1) is 21.8 Å². The molecule has 1 unspecified atom stereocenters. The van der Waals surface area contributed by atoms with E-state index in [9.17, 15) is 0 Å². The normalized spacial score (nSPS) is 12.4. The van der Waals surface area contributed by atoms with Crippen molar-refractivity contribution in [3.63, 3.8) is 0 Å². The molecule has 2 rings (SSSR count). The lowest BCUT2D eigenvalue weighted by atomic mass is 10.3. The summed E-state index contributed by atoms with van der Waals surface area (Å²) in [6, 6.07) is 7.18. The molecular formula is C11H10Cl2N2O2. The largest absolute Gasteiger partial charge is 0.482 e. The minimum atomic E-state index is -0.309. The van der Waals surface area contributed by atoms with Crippen LogP contribution in [0.15, 0.2) is 28.7 Å². The fourth-order valence-electron chi connectivity index (χ4n) is 1.19. The van der Waals surface area contributed by atoms with Gasteiger partial charge < -0.3 is 9.15 Å². The highest BCUT2D eigenvalue weighted by Gasteiger charge is 2.11. The van der Waals surface area contributed by atoms with Crippen molar-refractivity contribution in [2.45, 2.75) is 18.9 Å². The molecule has 90 valence electrons. The summed E-state index contributed by atoms with van der Waals surface area (Å²) >= 11 is 11.7. The highest BCUT2D eigenvalue weighted by molar-refractivity contribution is 6.32. The molecular weight excluding hydrogens is 263 g/mol. The molecule has 0 aliphatic carbocycles. The van der Waals surface area contributed by atoms with Crippen LogP contribution in [0.4, 0.5) is 0 Å². The second-order valence-electron chi connectivity index (χ2n) is 3.37. The fourth-order valence-corrected chi connectivity index (χ4v) is 1.47. The third-order valence-electron chi connectivity index (χ3n) is 2.01. The van der Waals surface area contributed by atoms with Crippen LogP contribution in [0.1, 0.15) is 24.1 Å². The van der Waals surface area contributed by atoms with Gasteiger partial charge in [0, 0.05) is 0 Å². The second kappa shape index (κ2) is 5.38. The number of benzene rings is 1. The van der Waals surface area contributed by atoms with Gasteiger partial charge in [0.25, 0.3) is 5.89 Å². The highest BCUT2D eigenvalue weighted by atomic mass is 35.5. The zero-order chi connectivity index (χ0) is 12.3. The van der Waals surface area contributed by atoms with Crippen LogP contribution in [-0.2, 0) is 6.61 Å². The van der Waals surface area contributed by atoms with Crippen molar-refractivity contribution in [1.29, 1.82) is 0 Å². The summed E-state index contributed by atoms with van der Waals surface area (Å²) in [4.78, 5) is 0. The lowest BCUT2D eigenvalue weighted by Crippen LogP contribution is -1.96. The number of hydrogen-bond acceptors (Lipinski definition) is 4. The van der Waals surface area contributed by atoms with E-state index in [0.717, 1.165) is 0 Å². The van der Waals surface area contributed by atoms with Crippen LogP contribution >= 0.6 is 23.2 Å². The first-order valence-electron chi connectivity index (χ1n) is 5.00. The molecule has 0 bridgehead atoms. The van der Waals surface area contributed by atoms with Crippen molar-refractivity contribution >= 4 is 23.2 Å². The van der Waals surface area contributed by atoms with Crippen molar-refractivity contribution in [3.05, 3.63) is 41.1 Å². The van der Waals surface area contributed by atoms with Gasteiger partial charge in [0.1, 0.15) is 11.1 Å². The summed E-state index contributed by atoms with van der Waals surface area (Å²) in [7, 11) is 0. The van der Waals surface area contributed by atoms with Crippen LogP contribution in [0.2, 0.25) is 5.02 Å². The Morgan fingerprint density at radius 1 is 1.35 bits per heavy atom. The Kier molecular flexibility index (Phi) is 3.86. The third kappa shape index (κ3) is 3.11. The average Bonchev–Trinajstić information content (AvgIpc) is 2.77. The Morgan fingerprint density at radius 3 is 2.76 bits per heavy atom. The predicted octanol–water partition coefficient (Wildman–Crippen LogP) is 3.60. The number of ether oxygens (including phenoxy) is 1. The number of nitrogens with zero attached hydrogens (tertiary/aromatic N) is 2. The van der Waals surface area contributed by atoms with Crippen molar-refractivity contribution in [2.75, 3.05) is 0 Å². The first kappa shape index (κ1) is 12.2.